The van der Waals surface area contributed by atoms with Gasteiger partial charge >= 0.3 is 6.18 Å². The van der Waals surface area contributed by atoms with Gasteiger partial charge in [-0.05, 0) is 35.7 Å². The van der Waals surface area contributed by atoms with Crippen LogP contribution in [0.15, 0.2) is 30.3 Å². The first kappa shape index (κ1) is 22.1. The monoisotopic (exact) mass is 439 g/mol. The second-order valence-electron chi connectivity index (χ2n) is 7.57. The summed E-state index contributed by atoms with van der Waals surface area (Å²) in [5.74, 6) is -0.716. The molecule has 30 heavy (non-hydrogen) atoms. The van der Waals surface area contributed by atoms with Crippen LogP contribution in [0.5, 0.6) is 0 Å². The lowest BCUT2D eigenvalue weighted by molar-refractivity contribution is -0.138. The van der Waals surface area contributed by atoms with Crippen molar-refractivity contribution >= 4 is 23.4 Å². The van der Waals surface area contributed by atoms with E-state index in [0.29, 0.717) is 30.1 Å². The molecule has 0 radical (unpaired) electrons. The lowest BCUT2D eigenvalue weighted by atomic mass is 10.0. The number of pyridine rings is 1. The zero-order valence-electron chi connectivity index (χ0n) is 16.5. The molecule has 2 amide bonds. The van der Waals surface area contributed by atoms with Crippen LogP contribution in [0.1, 0.15) is 51.5 Å². The standard InChI is InChI=1S/C21H21ClF3N3O2/c1-12(2)10-26-19(29)18-6-3-13-11-28(8-7-17(13)27-18)20(30)15-9-14(22)4-5-16(15)21(23,24)25/h3-6,9,12H,7-8,10-11H2,1-2H3,(H,26,29). The van der Waals surface area contributed by atoms with Crippen LogP contribution < -0.4 is 5.32 Å². The molecular formula is C21H21ClF3N3O2. The number of carbonyl (C=O) groups excluding carboxylic acids is 2. The molecular weight excluding hydrogens is 419 g/mol. The van der Waals surface area contributed by atoms with E-state index >= 15 is 0 Å². The average molecular weight is 440 g/mol. The van der Waals surface area contributed by atoms with Crippen molar-refractivity contribution in [2.24, 2.45) is 5.92 Å². The Bertz CT molecular complexity index is 976. The molecule has 1 aromatic carbocycles. The Morgan fingerprint density at radius 3 is 2.63 bits per heavy atom. The lowest BCUT2D eigenvalue weighted by Gasteiger charge is -2.29. The van der Waals surface area contributed by atoms with Crippen LogP contribution in [0.3, 0.4) is 0 Å². The molecule has 0 saturated heterocycles. The van der Waals surface area contributed by atoms with Crippen molar-refractivity contribution < 1.29 is 22.8 Å². The van der Waals surface area contributed by atoms with Crippen LogP contribution >= 0.6 is 11.6 Å². The predicted octanol–water partition coefficient (Wildman–Crippen LogP) is 4.34. The second-order valence-corrected chi connectivity index (χ2v) is 8.01. The number of fused-ring (bicyclic) bond motifs is 1. The highest BCUT2D eigenvalue weighted by Gasteiger charge is 2.37. The molecule has 1 aliphatic heterocycles. The van der Waals surface area contributed by atoms with E-state index in [2.05, 4.69) is 10.3 Å². The summed E-state index contributed by atoms with van der Waals surface area (Å²) in [6, 6.07) is 6.22. The van der Waals surface area contributed by atoms with Gasteiger partial charge in [-0.25, -0.2) is 4.98 Å². The largest absolute Gasteiger partial charge is 0.417 e. The number of hydrogen-bond donors (Lipinski definition) is 1. The van der Waals surface area contributed by atoms with Crippen molar-refractivity contribution in [3.05, 3.63) is 63.4 Å². The summed E-state index contributed by atoms with van der Waals surface area (Å²) in [7, 11) is 0. The van der Waals surface area contributed by atoms with Crippen LogP contribution in [-0.2, 0) is 19.1 Å². The SMILES string of the molecule is CC(C)CNC(=O)c1ccc2c(n1)CCN(C(=O)c1cc(Cl)ccc1C(F)(F)F)C2. The minimum absolute atomic E-state index is 0.0579. The van der Waals surface area contributed by atoms with E-state index in [1.807, 2.05) is 13.8 Å². The minimum atomic E-state index is -4.66. The Kier molecular flexibility index (Phi) is 6.36. The second kappa shape index (κ2) is 8.63. The molecule has 0 spiro atoms. The van der Waals surface area contributed by atoms with Gasteiger partial charge in [0.25, 0.3) is 11.8 Å². The van der Waals surface area contributed by atoms with Gasteiger partial charge in [0.15, 0.2) is 0 Å². The maximum Gasteiger partial charge on any atom is 0.417 e. The maximum absolute atomic E-state index is 13.3. The first-order valence-corrected chi connectivity index (χ1v) is 9.87. The third-order valence-electron chi connectivity index (χ3n) is 4.76. The van der Waals surface area contributed by atoms with Gasteiger partial charge in [0.2, 0.25) is 0 Å². The molecule has 1 aromatic heterocycles. The Labute approximate surface area is 177 Å². The Morgan fingerprint density at radius 1 is 1.23 bits per heavy atom. The van der Waals surface area contributed by atoms with Crippen LogP contribution in [0.4, 0.5) is 13.2 Å². The van der Waals surface area contributed by atoms with E-state index in [0.717, 1.165) is 18.2 Å². The number of hydrogen-bond acceptors (Lipinski definition) is 3. The quantitative estimate of drug-likeness (QED) is 0.771. The normalized spacial score (nSPS) is 13.9. The summed E-state index contributed by atoms with van der Waals surface area (Å²) in [6.45, 7) is 4.80. The first-order valence-electron chi connectivity index (χ1n) is 9.49. The van der Waals surface area contributed by atoms with Crippen molar-refractivity contribution in [3.63, 3.8) is 0 Å². The Hall–Kier alpha value is -2.61. The molecule has 1 aliphatic rings. The smallest absolute Gasteiger partial charge is 0.350 e. The molecule has 3 rings (SSSR count). The zero-order chi connectivity index (χ0) is 22.1. The highest BCUT2D eigenvalue weighted by molar-refractivity contribution is 6.31. The number of halogens is 4. The van der Waals surface area contributed by atoms with Crippen molar-refractivity contribution in [2.45, 2.75) is 33.0 Å². The molecule has 0 atom stereocenters. The van der Waals surface area contributed by atoms with Crippen LogP contribution in [0, 0.1) is 5.92 Å². The highest BCUT2D eigenvalue weighted by atomic mass is 35.5. The van der Waals surface area contributed by atoms with E-state index < -0.39 is 23.2 Å². The third-order valence-corrected chi connectivity index (χ3v) is 4.99. The van der Waals surface area contributed by atoms with Crippen LogP contribution in [-0.4, -0.2) is 34.8 Å². The zero-order valence-corrected chi connectivity index (χ0v) is 17.3. The number of rotatable bonds is 4. The fraction of sp³-hybridized carbons (Fsp3) is 0.381. The number of nitrogens with zero attached hydrogens (tertiary/aromatic N) is 2. The summed E-state index contributed by atoms with van der Waals surface area (Å²) in [5, 5.41) is 2.85. The number of aromatic nitrogens is 1. The minimum Gasteiger partial charge on any atom is -0.350 e. The molecule has 1 N–H and O–H groups in total. The third kappa shape index (κ3) is 4.92. The molecule has 2 heterocycles. The van der Waals surface area contributed by atoms with Gasteiger partial charge in [-0.1, -0.05) is 31.5 Å². The molecule has 9 heteroatoms. The number of benzene rings is 1. The Balaban J connectivity index is 1.80. The van der Waals surface area contributed by atoms with Crippen molar-refractivity contribution in [1.82, 2.24) is 15.2 Å². The fourth-order valence-corrected chi connectivity index (χ4v) is 3.39. The van der Waals surface area contributed by atoms with E-state index in [4.69, 9.17) is 11.6 Å². The van der Waals surface area contributed by atoms with Gasteiger partial charge in [0.1, 0.15) is 5.69 Å². The fourth-order valence-electron chi connectivity index (χ4n) is 3.21. The molecule has 2 aromatic rings. The molecule has 160 valence electrons. The van der Waals surface area contributed by atoms with E-state index in [1.165, 1.54) is 4.90 Å². The summed E-state index contributed by atoms with van der Waals surface area (Å²) in [5.41, 5.74) is 0.154. The molecule has 0 fully saturated rings. The van der Waals surface area contributed by atoms with Gasteiger partial charge in [-0.3, -0.25) is 9.59 Å². The van der Waals surface area contributed by atoms with E-state index in [-0.39, 0.29) is 29.7 Å². The van der Waals surface area contributed by atoms with Crippen molar-refractivity contribution in [1.29, 1.82) is 0 Å². The van der Waals surface area contributed by atoms with E-state index in [1.54, 1.807) is 12.1 Å². The number of carbonyl (C=O) groups is 2. The number of nitrogens with one attached hydrogen (secondary N) is 1. The topological polar surface area (TPSA) is 62.3 Å². The maximum atomic E-state index is 13.3. The van der Waals surface area contributed by atoms with Crippen molar-refractivity contribution in [2.75, 3.05) is 13.1 Å². The molecule has 0 aliphatic carbocycles. The number of alkyl halides is 3. The van der Waals surface area contributed by atoms with Gasteiger partial charge in [0.05, 0.1) is 11.1 Å². The molecule has 0 bridgehead atoms. The van der Waals surface area contributed by atoms with Crippen LogP contribution in [0.2, 0.25) is 5.02 Å². The van der Waals surface area contributed by atoms with Gasteiger partial charge in [-0.2, -0.15) is 13.2 Å². The predicted molar refractivity (Wildman–Crippen MR) is 106 cm³/mol. The first-order chi connectivity index (χ1) is 14.1. The molecule has 0 unspecified atom stereocenters. The summed E-state index contributed by atoms with van der Waals surface area (Å²) in [4.78, 5) is 30.7. The van der Waals surface area contributed by atoms with Gasteiger partial charge in [0, 0.05) is 36.8 Å². The van der Waals surface area contributed by atoms with Gasteiger partial charge in [-0.15, -0.1) is 0 Å². The highest BCUT2D eigenvalue weighted by Crippen LogP contribution is 2.34. The van der Waals surface area contributed by atoms with Gasteiger partial charge < -0.3 is 10.2 Å². The summed E-state index contributed by atoms with van der Waals surface area (Å²) in [6.07, 6.45) is -4.32. The van der Waals surface area contributed by atoms with Crippen LogP contribution in [0.25, 0.3) is 0 Å². The Morgan fingerprint density at radius 2 is 1.97 bits per heavy atom. The molecule has 0 saturated carbocycles. The molecule has 5 nitrogen and oxygen atoms in total. The lowest BCUT2D eigenvalue weighted by Crippen LogP contribution is -2.37. The van der Waals surface area contributed by atoms with E-state index in [9.17, 15) is 22.8 Å². The average Bonchev–Trinajstić information content (AvgIpc) is 2.69. The van der Waals surface area contributed by atoms with Crippen molar-refractivity contribution in [3.8, 4) is 0 Å². The number of amides is 2. The summed E-state index contributed by atoms with van der Waals surface area (Å²) >= 11 is 5.84. The summed E-state index contributed by atoms with van der Waals surface area (Å²) < 4.78 is 40.0.